The predicted octanol–water partition coefficient (Wildman–Crippen LogP) is 2.77. The lowest BCUT2D eigenvalue weighted by Crippen LogP contribution is -2.47. The van der Waals surface area contributed by atoms with Crippen LogP contribution in [0, 0.1) is 5.92 Å². The summed E-state index contributed by atoms with van der Waals surface area (Å²) in [7, 11) is 2.04. The topological polar surface area (TPSA) is 55.8 Å². The Morgan fingerprint density at radius 1 is 1.45 bits per heavy atom. The normalized spacial score (nSPS) is 21.8. The Bertz CT molecular complexity index is 518. The number of anilines is 2. The molecule has 0 aromatic heterocycles. The summed E-state index contributed by atoms with van der Waals surface area (Å²) in [5, 5.41) is 12.8. The number of nitrogens with one attached hydrogen (secondary N) is 1. The first kappa shape index (κ1) is 16.6. The molecule has 0 saturated carbocycles. The number of rotatable bonds is 3. The quantitative estimate of drug-likeness (QED) is 0.903. The zero-order chi connectivity index (χ0) is 16.3. The third kappa shape index (κ3) is 3.91. The van der Waals surface area contributed by atoms with E-state index in [0.29, 0.717) is 19.1 Å². The van der Waals surface area contributed by atoms with Crippen LogP contribution in [0.2, 0.25) is 0 Å². The number of carbonyl (C=O) groups excluding carboxylic acids is 1. The van der Waals surface area contributed by atoms with Gasteiger partial charge in [0.15, 0.2) is 0 Å². The Balaban J connectivity index is 2.01. The second-order valence-corrected chi connectivity index (χ2v) is 6.46. The van der Waals surface area contributed by atoms with Crippen LogP contribution in [-0.4, -0.2) is 48.3 Å². The van der Waals surface area contributed by atoms with Crippen molar-refractivity contribution in [3.8, 4) is 0 Å². The van der Waals surface area contributed by atoms with Crippen LogP contribution in [0.3, 0.4) is 0 Å². The standard InChI is InChI=1S/C17H27N3O2/c1-12(2)19(4)15-7-5-6-14(10-15)18-17(22)20-9-8-13(3)16(21)11-20/h5-7,10,12-13,16,21H,8-9,11H2,1-4H3,(H,18,22). The van der Waals surface area contributed by atoms with Gasteiger partial charge in [-0.15, -0.1) is 0 Å². The van der Waals surface area contributed by atoms with Crippen molar-refractivity contribution in [2.75, 3.05) is 30.4 Å². The van der Waals surface area contributed by atoms with Crippen LogP contribution < -0.4 is 10.2 Å². The van der Waals surface area contributed by atoms with Crippen LogP contribution in [0.15, 0.2) is 24.3 Å². The molecule has 1 fully saturated rings. The van der Waals surface area contributed by atoms with Crippen molar-refractivity contribution in [3.63, 3.8) is 0 Å². The first-order chi connectivity index (χ1) is 10.4. The van der Waals surface area contributed by atoms with Crippen LogP contribution in [0.5, 0.6) is 0 Å². The Kier molecular flexibility index (Phi) is 5.29. The summed E-state index contributed by atoms with van der Waals surface area (Å²) in [6.07, 6.45) is 0.406. The molecule has 22 heavy (non-hydrogen) atoms. The summed E-state index contributed by atoms with van der Waals surface area (Å²) < 4.78 is 0. The molecule has 1 aliphatic rings. The Labute approximate surface area is 132 Å². The molecular weight excluding hydrogens is 278 g/mol. The van der Waals surface area contributed by atoms with E-state index in [0.717, 1.165) is 17.8 Å². The van der Waals surface area contributed by atoms with E-state index >= 15 is 0 Å². The minimum absolute atomic E-state index is 0.143. The number of likely N-dealkylation sites (tertiary alicyclic amines) is 1. The molecule has 0 spiro atoms. The van der Waals surface area contributed by atoms with E-state index in [4.69, 9.17) is 0 Å². The Hall–Kier alpha value is -1.75. The molecule has 2 atom stereocenters. The van der Waals surface area contributed by atoms with Gasteiger partial charge >= 0.3 is 6.03 Å². The maximum Gasteiger partial charge on any atom is 0.321 e. The SMILES string of the molecule is CC1CCN(C(=O)Nc2cccc(N(C)C(C)C)c2)CC1O. The molecule has 2 rings (SSSR count). The molecule has 0 aliphatic carbocycles. The molecule has 2 amide bonds. The van der Waals surface area contributed by atoms with Gasteiger partial charge in [0, 0.05) is 37.6 Å². The fourth-order valence-electron chi connectivity index (χ4n) is 2.54. The van der Waals surface area contributed by atoms with Gasteiger partial charge in [-0.2, -0.15) is 0 Å². The molecule has 0 bridgehead atoms. The molecular formula is C17H27N3O2. The van der Waals surface area contributed by atoms with E-state index < -0.39 is 6.10 Å². The van der Waals surface area contributed by atoms with Gasteiger partial charge in [0.25, 0.3) is 0 Å². The first-order valence-corrected chi connectivity index (χ1v) is 7.95. The summed E-state index contributed by atoms with van der Waals surface area (Å²) in [6, 6.07) is 8.08. The summed E-state index contributed by atoms with van der Waals surface area (Å²) >= 11 is 0. The summed E-state index contributed by atoms with van der Waals surface area (Å²) in [4.78, 5) is 16.2. The van der Waals surface area contributed by atoms with Crippen molar-refractivity contribution in [1.82, 2.24) is 4.90 Å². The molecule has 2 unspecified atom stereocenters. The summed E-state index contributed by atoms with van der Waals surface area (Å²) in [6.45, 7) is 7.36. The average Bonchev–Trinajstić information content (AvgIpc) is 2.49. The van der Waals surface area contributed by atoms with Crippen LogP contribution in [0.25, 0.3) is 0 Å². The second-order valence-electron chi connectivity index (χ2n) is 6.46. The number of aliphatic hydroxyl groups is 1. The molecule has 1 saturated heterocycles. The lowest BCUT2D eigenvalue weighted by molar-refractivity contribution is 0.0464. The van der Waals surface area contributed by atoms with Crippen molar-refractivity contribution in [2.24, 2.45) is 5.92 Å². The maximum atomic E-state index is 12.3. The summed E-state index contributed by atoms with van der Waals surface area (Å²) in [5.74, 6) is 0.257. The summed E-state index contributed by atoms with van der Waals surface area (Å²) in [5.41, 5.74) is 1.85. The van der Waals surface area contributed by atoms with Crippen LogP contribution in [0.4, 0.5) is 16.2 Å². The van der Waals surface area contributed by atoms with Gasteiger partial charge in [-0.3, -0.25) is 0 Å². The number of benzene rings is 1. The number of urea groups is 1. The number of β-amino-alcohol motifs (C(OH)–C–C–N with tert-alkyl or cyclic N) is 1. The highest BCUT2D eigenvalue weighted by Gasteiger charge is 2.27. The predicted molar refractivity (Wildman–Crippen MR) is 90.4 cm³/mol. The monoisotopic (exact) mass is 305 g/mol. The molecule has 122 valence electrons. The number of hydrogen-bond acceptors (Lipinski definition) is 3. The fraction of sp³-hybridized carbons (Fsp3) is 0.588. The van der Waals surface area contributed by atoms with E-state index in [1.807, 2.05) is 38.2 Å². The van der Waals surface area contributed by atoms with Gasteiger partial charge in [0.05, 0.1) is 6.10 Å². The van der Waals surface area contributed by atoms with Crippen molar-refractivity contribution in [3.05, 3.63) is 24.3 Å². The van der Waals surface area contributed by atoms with Gasteiger partial charge in [-0.05, 0) is 44.4 Å². The molecule has 1 aliphatic heterocycles. The van der Waals surface area contributed by atoms with Crippen LogP contribution >= 0.6 is 0 Å². The highest BCUT2D eigenvalue weighted by Crippen LogP contribution is 2.22. The molecule has 1 aromatic rings. The van der Waals surface area contributed by atoms with E-state index in [1.165, 1.54) is 0 Å². The highest BCUT2D eigenvalue weighted by atomic mass is 16.3. The third-order valence-electron chi connectivity index (χ3n) is 4.49. The fourth-order valence-corrected chi connectivity index (χ4v) is 2.54. The lowest BCUT2D eigenvalue weighted by Gasteiger charge is -2.34. The smallest absolute Gasteiger partial charge is 0.321 e. The van der Waals surface area contributed by atoms with Crippen molar-refractivity contribution >= 4 is 17.4 Å². The second kappa shape index (κ2) is 7.01. The minimum atomic E-state index is -0.432. The molecule has 1 heterocycles. The van der Waals surface area contributed by atoms with Gasteiger partial charge in [0.2, 0.25) is 0 Å². The zero-order valence-electron chi connectivity index (χ0n) is 13.9. The first-order valence-electron chi connectivity index (χ1n) is 7.95. The largest absolute Gasteiger partial charge is 0.391 e. The maximum absolute atomic E-state index is 12.3. The Morgan fingerprint density at radius 2 is 2.18 bits per heavy atom. The number of piperidine rings is 1. The van der Waals surface area contributed by atoms with Crippen LogP contribution in [0.1, 0.15) is 27.2 Å². The van der Waals surface area contributed by atoms with Gasteiger partial charge in [0.1, 0.15) is 0 Å². The van der Waals surface area contributed by atoms with Gasteiger partial charge in [-0.25, -0.2) is 4.79 Å². The van der Waals surface area contributed by atoms with Crippen molar-refractivity contribution in [2.45, 2.75) is 39.3 Å². The number of amides is 2. The van der Waals surface area contributed by atoms with E-state index in [1.54, 1.807) is 4.90 Å². The van der Waals surface area contributed by atoms with Crippen molar-refractivity contribution in [1.29, 1.82) is 0 Å². The number of carbonyl (C=O) groups is 1. The zero-order valence-corrected chi connectivity index (χ0v) is 13.9. The van der Waals surface area contributed by atoms with Crippen LogP contribution in [-0.2, 0) is 0 Å². The number of nitrogens with zero attached hydrogens (tertiary/aromatic N) is 2. The molecule has 0 radical (unpaired) electrons. The molecule has 5 heteroatoms. The minimum Gasteiger partial charge on any atom is -0.391 e. The van der Waals surface area contributed by atoms with E-state index in [-0.39, 0.29) is 11.9 Å². The van der Waals surface area contributed by atoms with Gasteiger partial charge in [-0.1, -0.05) is 13.0 Å². The van der Waals surface area contributed by atoms with E-state index in [2.05, 4.69) is 24.1 Å². The van der Waals surface area contributed by atoms with Crippen molar-refractivity contribution < 1.29 is 9.90 Å². The molecule has 1 aromatic carbocycles. The molecule has 5 nitrogen and oxygen atoms in total. The number of aliphatic hydroxyl groups excluding tert-OH is 1. The average molecular weight is 305 g/mol. The van der Waals surface area contributed by atoms with Gasteiger partial charge < -0.3 is 20.2 Å². The van der Waals surface area contributed by atoms with E-state index in [9.17, 15) is 9.90 Å². The number of hydrogen-bond donors (Lipinski definition) is 2. The third-order valence-corrected chi connectivity index (χ3v) is 4.49. The lowest BCUT2D eigenvalue weighted by atomic mass is 9.96. The molecule has 2 N–H and O–H groups in total. The highest BCUT2D eigenvalue weighted by molar-refractivity contribution is 5.90. The Morgan fingerprint density at radius 3 is 2.82 bits per heavy atom.